The number of carbonyl (C=O) groups is 1. The predicted molar refractivity (Wildman–Crippen MR) is 106 cm³/mol. The Balaban J connectivity index is 1.75. The minimum Gasteiger partial charge on any atom is -0.366 e. The number of hydrogen-bond acceptors (Lipinski definition) is 2. The Morgan fingerprint density at radius 3 is 2.81 bits per heavy atom. The van der Waals surface area contributed by atoms with Crippen molar-refractivity contribution in [2.45, 2.75) is 89.1 Å². The van der Waals surface area contributed by atoms with Gasteiger partial charge in [0, 0.05) is 17.6 Å². The molecule has 142 valence electrons. The van der Waals surface area contributed by atoms with Gasteiger partial charge in [-0.3, -0.25) is 4.79 Å². The maximum Gasteiger partial charge on any atom is 0.248 e. The molecule has 0 aliphatic heterocycles. The molecule has 3 aliphatic rings. The van der Waals surface area contributed by atoms with E-state index >= 15 is 0 Å². The number of benzene rings is 1. The molecule has 2 saturated carbocycles. The third-order valence-corrected chi connectivity index (χ3v) is 7.46. The van der Waals surface area contributed by atoms with E-state index in [1.165, 1.54) is 62.5 Å². The van der Waals surface area contributed by atoms with Gasteiger partial charge in [-0.1, -0.05) is 32.3 Å². The monoisotopic (exact) mass is 354 g/mol. The van der Waals surface area contributed by atoms with Crippen molar-refractivity contribution < 1.29 is 4.79 Å². The van der Waals surface area contributed by atoms with Crippen molar-refractivity contribution in [3.63, 3.8) is 0 Å². The normalized spacial score (nSPS) is 31.8. The summed E-state index contributed by atoms with van der Waals surface area (Å²) in [7, 11) is 0. The zero-order chi connectivity index (χ0) is 18.3. The summed E-state index contributed by atoms with van der Waals surface area (Å²) in [5, 5.41) is 4.05. The van der Waals surface area contributed by atoms with Gasteiger partial charge in [0.25, 0.3) is 0 Å². The van der Waals surface area contributed by atoms with Crippen molar-refractivity contribution >= 4 is 5.91 Å². The number of amides is 1. The second-order valence-corrected chi connectivity index (χ2v) is 9.10. The molecule has 4 rings (SSSR count). The van der Waals surface area contributed by atoms with Crippen LogP contribution in [0.2, 0.25) is 0 Å². The first kappa shape index (κ1) is 18.0. The van der Waals surface area contributed by atoms with Crippen LogP contribution >= 0.6 is 0 Å². The summed E-state index contributed by atoms with van der Waals surface area (Å²) in [4.78, 5) is 11.8. The van der Waals surface area contributed by atoms with E-state index in [1.54, 1.807) is 0 Å². The lowest BCUT2D eigenvalue weighted by molar-refractivity contribution is 0.0993. The average Bonchev–Trinajstić information content (AvgIpc) is 3.47. The van der Waals surface area contributed by atoms with E-state index in [2.05, 4.69) is 31.3 Å². The number of fused-ring (bicyclic) bond motifs is 3. The molecule has 1 aromatic rings. The molecular weight excluding hydrogens is 320 g/mol. The number of hydrogen-bond donors (Lipinski definition) is 2. The van der Waals surface area contributed by atoms with Gasteiger partial charge in [-0.2, -0.15) is 0 Å². The van der Waals surface area contributed by atoms with Crippen molar-refractivity contribution in [1.29, 1.82) is 0 Å². The van der Waals surface area contributed by atoms with E-state index in [1.807, 2.05) is 6.07 Å². The van der Waals surface area contributed by atoms with Gasteiger partial charge in [0.15, 0.2) is 0 Å². The van der Waals surface area contributed by atoms with Crippen LogP contribution in [-0.2, 0) is 11.8 Å². The lowest BCUT2D eigenvalue weighted by Gasteiger charge is -2.53. The Hall–Kier alpha value is -1.35. The standard InChI is InChI=1S/C23H34N2O/c1-3-11-23-12-5-4-6-19(23)21(25-15(2)16-7-8-16)14-17-9-10-18(22(24)26)13-20(17)23/h9-10,13,15-16,19,21,25H,3-8,11-12,14H2,1-2H3,(H2,24,26)/t15-,19?,21-,23+/m1/s1. The van der Waals surface area contributed by atoms with E-state index in [0.717, 1.165) is 12.3 Å². The summed E-state index contributed by atoms with van der Waals surface area (Å²) in [6.07, 6.45) is 11.5. The van der Waals surface area contributed by atoms with Crippen LogP contribution in [0.15, 0.2) is 18.2 Å². The average molecular weight is 355 g/mol. The Morgan fingerprint density at radius 2 is 2.12 bits per heavy atom. The second-order valence-electron chi connectivity index (χ2n) is 9.10. The maximum atomic E-state index is 11.8. The second kappa shape index (κ2) is 6.99. The third-order valence-electron chi connectivity index (χ3n) is 7.46. The summed E-state index contributed by atoms with van der Waals surface area (Å²) in [5.41, 5.74) is 9.41. The van der Waals surface area contributed by atoms with Gasteiger partial charge >= 0.3 is 0 Å². The summed E-state index contributed by atoms with van der Waals surface area (Å²) >= 11 is 0. The van der Waals surface area contributed by atoms with Crippen LogP contribution in [0.5, 0.6) is 0 Å². The highest BCUT2D eigenvalue weighted by Gasteiger charge is 2.49. The molecule has 1 amide bonds. The Morgan fingerprint density at radius 1 is 1.31 bits per heavy atom. The molecule has 0 bridgehead atoms. The molecule has 0 heterocycles. The molecule has 4 atom stereocenters. The minimum absolute atomic E-state index is 0.229. The molecule has 3 nitrogen and oxygen atoms in total. The van der Waals surface area contributed by atoms with Crippen LogP contribution in [0.3, 0.4) is 0 Å². The van der Waals surface area contributed by atoms with Crippen molar-refractivity contribution in [3.8, 4) is 0 Å². The van der Waals surface area contributed by atoms with Gasteiger partial charge in [0.2, 0.25) is 5.91 Å². The number of nitrogens with two attached hydrogens (primary N) is 1. The van der Waals surface area contributed by atoms with E-state index in [9.17, 15) is 4.79 Å². The molecule has 3 N–H and O–H groups in total. The zero-order valence-corrected chi connectivity index (χ0v) is 16.4. The summed E-state index contributed by atoms with van der Waals surface area (Å²) in [6.45, 7) is 4.69. The van der Waals surface area contributed by atoms with Gasteiger partial charge in [0.05, 0.1) is 0 Å². The third kappa shape index (κ3) is 3.09. The van der Waals surface area contributed by atoms with Gasteiger partial charge in [-0.15, -0.1) is 0 Å². The predicted octanol–water partition coefficient (Wildman–Crippen LogP) is 4.33. The van der Waals surface area contributed by atoms with Gasteiger partial charge in [-0.25, -0.2) is 0 Å². The molecule has 26 heavy (non-hydrogen) atoms. The molecular formula is C23H34N2O. The van der Waals surface area contributed by atoms with Crippen LogP contribution in [0.25, 0.3) is 0 Å². The number of primary amides is 1. The maximum absolute atomic E-state index is 11.8. The lowest BCUT2D eigenvalue weighted by Crippen LogP contribution is -2.56. The minimum atomic E-state index is -0.297. The molecule has 0 aromatic heterocycles. The van der Waals surface area contributed by atoms with Crippen LogP contribution in [0, 0.1) is 11.8 Å². The van der Waals surface area contributed by atoms with E-state index in [4.69, 9.17) is 5.73 Å². The highest BCUT2D eigenvalue weighted by Crippen LogP contribution is 2.53. The van der Waals surface area contributed by atoms with Crippen LogP contribution in [0.1, 0.15) is 86.7 Å². The van der Waals surface area contributed by atoms with Gasteiger partial charge < -0.3 is 11.1 Å². The summed E-state index contributed by atoms with van der Waals surface area (Å²) in [6, 6.07) is 7.48. The van der Waals surface area contributed by atoms with Gasteiger partial charge in [0.1, 0.15) is 0 Å². The fourth-order valence-electron chi connectivity index (χ4n) is 6.07. The smallest absolute Gasteiger partial charge is 0.248 e. The van der Waals surface area contributed by atoms with Crippen molar-refractivity contribution in [2.24, 2.45) is 17.6 Å². The lowest BCUT2D eigenvalue weighted by atomic mass is 9.54. The highest BCUT2D eigenvalue weighted by atomic mass is 16.1. The Labute approximate surface area is 158 Å². The molecule has 2 fully saturated rings. The number of rotatable bonds is 6. The molecule has 3 heteroatoms. The summed E-state index contributed by atoms with van der Waals surface area (Å²) in [5.74, 6) is 1.28. The first-order valence-electron chi connectivity index (χ1n) is 10.7. The SMILES string of the molecule is CCC[C@]12CCCCC1[C@H](N[C@H](C)C1CC1)Cc1ccc(C(N)=O)cc12. The molecule has 3 aliphatic carbocycles. The zero-order valence-electron chi connectivity index (χ0n) is 16.4. The van der Waals surface area contributed by atoms with Crippen LogP contribution < -0.4 is 11.1 Å². The molecule has 0 saturated heterocycles. The van der Waals surface area contributed by atoms with Gasteiger partial charge in [-0.05, 0) is 86.0 Å². The van der Waals surface area contributed by atoms with E-state index in [0.29, 0.717) is 23.6 Å². The largest absolute Gasteiger partial charge is 0.366 e. The fourth-order valence-corrected chi connectivity index (χ4v) is 6.07. The topological polar surface area (TPSA) is 55.1 Å². The molecule has 1 aromatic carbocycles. The first-order chi connectivity index (χ1) is 12.5. The Bertz CT molecular complexity index is 677. The summed E-state index contributed by atoms with van der Waals surface area (Å²) < 4.78 is 0. The number of nitrogens with one attached hydrogen (secondary N) is 1. The number of carbonyl (C=O) groups excluding carboxylic acids is 1. The van der Waals surface area contributed by atoms with E-state index < -0.39 is 0 Å². The fraction of sp³-hybridized carbons (Fsp3) is 0.696. The van der Waals surface area contributed by atoms with E-state index in [-0.39, 0.29) is 11.3 Å². The van der Waals surface area contributed by atoms with Crippen LogP contribution in [0.4, 0.5) is 0 Å². The quantitative estimate of drug-likeness (QED) is 0.799. The first-order valence-corrected chi connectivity index (χ1v) is 10.7. The van der Waals surface area contributed by atoms with Crippen molar-refractivity contribution in [2.75, 3.05) is 0 Å². The molecule has 0 spiro atoms. The highest BCUT2D eigenvalue weighted by molar-refractivity contribution is 5.93. The molecule has 1 unspecified atom stereocenters. The Kier molecular flexibility index (Phi) is 4.85. The molecule has 0 radical (unpaired) electrons. The van der Waals surface area contributed by atoms with Crippen molar-refractivity contribution in [3.05, 3.63) is 34.9 Å². The van der Waals surface area contributed by atoms with Crippen molar-refractivity contribution in [1.82, 2.24) is 5.32 Å². The van der Waals surface area contributed by atoms with Crippen LogP contribution in [-0.4, -0.2) is 18.0 Å².